The van der Waals surface area contributed by atoms with Crippen molar-refractivity contribution in [1.29, 1.82) is 0 Å². The van der Waals surface area contributed by atoms with Crippen LogP contribution in [0.25, 0.3) is 0 Å². The average Bonchev–Trinajstić information content (AvgIpc) is 0.906. The van der Waals surface area contributed by atoms with E-state index in [1.54, 1.807) is 0 Å². The van der Waals surface area contributed by atoms with E-state index in [0.717, 1.165) is 102 Å². The largest absolute Gasteiger partial charge is 0.472 e. The number of rotatable bonds is 88. The van der Waals surface area contributed by atoms with Crippen LogP contribution in [0, 0.1) is 11.8 Å². The molecule has 0 radical (unpaired) electrons. The summed E-state index contributed by atoms with van der Waals surface area (Å²) in [5.41, 5.74) is 0. The van der Waals surface area contributed by atoms with Gasteiger partial charge in [0.2, 0.25) is 0 Å². The van der Waals surface area contributed by atoms with Gasteiger partial charge in [0, 0.05) is 25.7 Å². The number of esters is 4. The summed E-state index contributed by atoms with van der Waals surface area (Å²) in [5, 5.41) is 10.7. The number of carbonyl (C=O) groups excluding carboxylic acids is 4. The second-order valence-electron chi connectivity index (χ2n) is 32.9. The molecule has 0 aliphatic rings. The summed E-state index contributed by atoms with van der Waals surface area (Å²) in [7, 11) is -9.93. The Kier molecular flexibility index (Phi) is 78.8. The maximum atomic E-state index is 13.2. The maximum absolute atomic E-state index is 13.2. The molecule has 0 aromatic rings. The molecule has 0 aliphatic heterocycles. The first kappa shape index (κ1) is 106. The molecule has 3 N–H and O–H groups in total. The van der Waals surface area contributed by atoms with Gasteiger partial charge in [0.05, 0.1) is 26.4 Å². The van der Waals surface area contributed by atoms with Gasteiger partial charge in [-0.25, -0.2) is 9.13 Å². The molecule has 0 rings (SSSR count). The van der Waals surface area contributed by atoms with Crippen molar-refractivity contribution in [3.05, 3.63) is 0 Å². The summed E-state index contributed by atoms with van der Waals surface area (Å²) in [4.78, 5) is 73.3. The first-order chi connectivity index (χ1) is 52.4. The summed E-state index contributed by atoms with van der Waals surface area (Å²) in [6.07, 6.45) is 73.7. The van der Waals surface area contributed by atoms with Crippen molar-refractivity contribution in [1.82, 2.24) is 0 Å². The molecule has 5 atom stereocenters. The van der Waals surface area contributed by atoms with E-state index in [9.17, 15) is 43.2 Å². The lowest BCUT2D eigenvalue weighted by Crippen LogP contribution is -2.30. The average molecular weight is 1580 g/mol. The quantitative estimate of drug-likeness (QED) is 0.0222. The Labute approximate surface area is 664 Å². The molecule has 0 fully saturated rings. The lowest BCUT2D eigenvalue weighted by atomic mass is 10.0. The summed E-state index contributed by atoms with van der Waals surface area (Å²) in [5.74, 6) is -0.478. The molecule has 0 spiro atoms. The minimum atomic E-state index is -4.97. The van der Waals surface area contributed by atoms with Crippen LogP contribution in [0.4, 0.5) is 0 Å². The fourth-order valence-electron chi connectivity index (χ4n) is 14.0. The molecular formula is C89H174O17P2. The van der Waals surface area contributed by atoms with Crippen LogP contribution < -0.4 is 0 Å². The summed E-state index contributed by atoms with van der Waals surface area (Å²) >= 11 is 0. The number of hydrogen-bond acceptors (Lipinski definition) is 15. The minimum absolute atomic E-state index is 0.108. The SMILES string of the molecule is CCCCCCCCCCCCCCCCCCCCCCCC(=O)O[C@H](COC(=O)CCCCCCCCCCCCCCCCCCC(C)C)COP(=O)(O)OC[C@@H](O)COP(=O)(O)OC[C@@H](COC(=O)CCCCCCCCCCC)OC(=O)CCCCCCCCCCCCCCCCCCC(C)C. The fraction of sp³-hybridized carbons (Fsp3) is 0.955. The molecule has 2 unspecified atom stereocenters. The molecule has 0 bridgehead atoms. The topological polar surface area (TPSA) is 237 Å². The number of aliphatic hydroxyl groups excluding tert-OH is 1. The van der Waals surface area contributed by atoms with Gasteiger partial charge >= 0.3 is 39.5 Å². The Hall–Kier alpha value is -1.94. The third-order valence-electron chi connectivity index (χ3n) is 21.0. The van der Waals surface area contributed by atoms with E-state index < -0.39 is 97.5 Å². The third-order valence-corrected chi connectivity index (χ3v) is 22.9. The highest BCUT2D eigenvalue weighted by Gasteiger charge is 2.31. The van der Waals surface area contributed by atoms with Gasteiger partial charge in [-0.05, 0) is 37.5 Å². The van der Waals surface area contributed by atoms with Crippen molar-refractivity contribution in [2.75, 3.05) is 39.6 Å². The van der Waals surface area contributed by atoms with Gasteiger partial charge in [-0.3, -0.25) is 37.3 Å². The molecule has 0 heterocycles. The Balaban J connectivity index is 5.20. The molecule has 0 saturated carbocycles. The van der Waals surface area contributed by atoms with Gasteiger partial charge in [0.15, 0.2) is 12.2 Å². The zero-order valence-corrected chi connectivity index (χ0v) is 73.0. The van der Waals surface area contributed by atoms with E-state index in [1.807, 2.05) is 0 Å². The summed E-state index contributed by atoms with van der Waals surface area (Å²) in [6, 6.07) is 0. The van der Waals surface area contributed by atoms with Crippen molar-refractivity contribution in [2.24, 2.45) is 11.8 Å². The van der Waals surface area contributed by atoms with Gasteiger partial charge in [-0.15, -0.1) is 0 Å². The number of phosphoric ester groups is 2. The molecule has 0 aromatic heterocycles. The van der Waals surface area contributed by atoms with Crippen LogP contribution in [-0.2, 0) is 65.4 Å². The van der Waals surface area contributed by atoms with E-state index in [1.165, 1.54) is 295 Å². The van der Waals surface area contributed by atoms with Crippen LogP contribution in [0.2, 0.25) is 0 Å². The second-order valence-corrected chi connectivity index (χ2v) is 35.8. The van der Waals surface area contributed by atoms with Gasteiger partial charge in [0.25, 0.3) is 0 Å². The zero-order chi connectivity index (χ0) is 79.2. The smallest absolute Gasteiger partial charge is 0.462 e. The molecule has 0 amide bonds. The van der Waals surface area contributed by atoms with Crippen LogP contribution in [0.3, 0.4) is 0 Å². The first-order valence-electron chi connectivity index (χ1n) is 46.0. The van der Waals surface area contributed by atoms with E-state index in [0.29, 0.717) is 25.7 Å². The molecule has 0 aromatic carbocycles. The second kappa shape index (κ2) is 80.3. The Morgan fingerprint density at radius 2 is 0.426 bits per heavy atom. The first-order valence-corrected chi connectivity index (χ1v) is 49.0. The Morgan fingerprint density at radius 1 is 0.250 bits per heavy atom. The van der Waals surface area contributed by atoms with Gasteiger partial charge in [-0.1, -0.05) is 427 Å². The normalized spacial score (nSPS) is 13.8. The van der Waals surface area contributed by atoms with Crippen LogP contribution in [0.1, 0.15) is 478 Å². The van der Waals surface area contributed by atoms with Crippen LogP contribution in [-0.4, -0.2) is 96.7 Å². The molecule has 642 valence electrons. The highest BCUT2D eigenvalue weighted by molar-refractivity contribution is 7.47. The number of ether oxygens (including phenoxy) is 4. The minimum Gasteiger partial charge on any atom is -0.462 e. The van der Waals surface area contributed by atoms with Crippen LogP contribution >= 0.6 is 15.6 Å². The van der Waals surface area contributed by atoms with Crippen LogP contribution in [0.5, 0.6) is 0 Å². The van der Waals surface area contributed by atoms with Crippen molar-refractivity contribution < 1.29 is 80.2 Å². The van der Waals surface area contributed by atoms with E-state index in [-0.39, 0.29) is 25.7 Å². The number of carbonyl (C=O) groups is 4. The van der Waals surface area contributed by atoms with Crippen molar-refractivity contribution in [2.45, 2.75) is 496 Å². The molecular weight excluding hydrogens is 1400 g/mol. The number of aliphatic hydroxyl groups is 1. The van der Waals surface area contributed by atoms with E-state index >= 15 is 0 Å². The molecule has 19 heteroatoms. The van der Waals surface area contributed by atoms with Crippen LogP contribution in [0.15, 0.2) is 0 Å². The molecule has 17 nitrogen and oxygen atoms in total. The summed E-state index contributed by atoms with van der Waals surface area (Å²) < 4.78 is 68.9. The maximum Gasteiger partial charge on any atom is 0.472 e. The third kappa shape index (κ3) is 82.1. The molecule has 0 aliphatic carbocycles. The predicted molar refractivity (Wildman–Crippen MR) is 446 cm³/mol. The number of unbranched alkanes of at least 4 members (excludes halogenated alkanes) is 58. The van der Waals surface area contributed by atoms with Crippen molar-refractivity contribution in [3.63, 3.8) is 0 Å². The molecule has 0 saturated heterocycles. The Morgan fingerprint density at radius 3 is 0.630 bits per heavy atom. The predicted octanol–water partition coefficient (Wildman–Crippen LogP) is 27.4. The van der Waals surface area contributed by atoms with E-state index in [2.05, 4.69) is 41.5 Å². The number of phosphoric acid groups is 2. The zero-order valence-electron chi connectivity index (χ0n) is 71.2. The van der Waals surface area contributed by atoms with Gasteiger partial charge in [0.1, 0.15) is 19.3 Å². The van der Waals surface area contributed by atoms with Gasteiger partial charge in [-0.2, -0.15) is 0 Å². The lowest BCUT2D eigenvalue weighted by molar-refractivity contribution is -0.161. The number of hydrogen-bond donors (Lipinski definition) is 3. The molecule has 108 heavy (non-hydrogen) atoms. The highest BCUT2D eigenvalue weighted by atomic mass is 31.2. The highest BCUT2D eigenvalue weighted by Crippen LogP contribution is 2.45. The van der Waals surface area contributed by atoms with E-state index in [4.69, 9.17) is 37.0 Å². The van der Waals surface area contributed by atoms with Gasteiger partial charge < -0.3 is 33.8 Å². The Bertz CT molecular complexity index is 2060. The summed E-state index contributed by atoms with van der Waals surface area (Å²) in [6.45, 7) is 9.73. The standard InChI is InChI=1S/C89H174O17P2/c1-7-9-11-13-15-17-18-19-20-21-22-23-24-25-33-38-43-49-55-61-67-74-89(94)106-85(78-100-87(92)72-66-60-54-48-42-37-32-28-26-30-35-40-46-51-57-63-69-81(3)4)80-104-108(97,98)102-76-83(90)75-101-107(95,96)103-79-84(77-99-86(91)71-65-59-53-45-16-14-12-10-8-2)105-88(93)73-68-62-56-50-44-39-34-29-27-31-36-41-47-52-58-64-70-82(5)6/h81-85,90H,7-80H2,1-6H3,(H,95,96)(H,97,98)/t83-,84+,85+/m0/s1. The monoisotopic (exact) mass is 1580 g/mol. The van der Waals surface area contributed by atoms with Crippen molar-refractivity contribution >= 4 is 39.5 Å². The van der Waals surface area contributed by atoms with Crippen molar-refractivity contribution in [3.8, 4) is 0 Å². The lowest BCUT2D eigenvalue weighted by Gasteiger charge is -2.21. The fourth-order valence-corrected chi connectivity index (χ4v) is 15.5.